The molecule has 0 atom stereocenters. The molecule has 1 aliphatic heterocycles. The van der Waals surface area contributed by atoms with E-state index in [9.17, 15) is 9.59 Å². The molecule has 2 amide bonds. The first kappa shape index (κ1) is 21.4. The van der Waals surface area contributed by atoms with E-state index in [1.54, 1.807) is 24.3 Å². The second-order valence-electron chi connectivity index (χ2n) is 8.21. The van der Waals surface area contributed by atoms with Crippen LogP contribution in [0.2, 0.25) is 0 Å². The molecule has 1 heterocycles. The van der Waals surface area contributed by atoms with Crippen LogP contribution in [0.4, 0.5) is 0 Å². The van der Waals surface area contributed by atoms with Gasteiger partial charge in [0.05, 0.1) is 0 Å². The van der Waals surface area contributed by atoms with Crippen molar-refractivity contribution in [1.82, 2.24) is 10.2 Å². The molecule has 0 radical (unpaired) electrons. The number of likely N-dealkylation sites (tertiary alicyclic amines) is 1. The highest BCUT2D eigenvalue weighted by Crippen LogP contribution is 2.35. The summed E-state index contributed by atoms with van der Waals surface area (Å²) in [5, 5.41) is 3.16. The van der Waals surface area contributed by atoms with Gasteiger partial charge in [-0.05, 0) is 62.5 Å². The van der Waals surface area contributed by atoms with Gasteiger partial charge in [-0.2, -0.15) is 0 Å². The second-order valence-corrected chi connectivity index (χ2v) is 8.21. The highest BCUT2D eigenvalue weighted by atomic mass is 16.5. The lowest BCUT2D eigenvalue weighted by Gasteiger charge is -2.48. The summed E-state index contributed by atoms with van der Waals surface area (Å²) in [7, 11) is 0. The number of hydrogen-bond acceptors (Lipinski definition) is 4. The van der Waals surface area contributed by atoms with Gasteiger partial charge in [0.25, 0.3) is 5.91 Å². The van der Waals surface area contributed by atoms with Crippen LogP contribution < -0.4 is 15.8 Å². The summed E-state index contributed by atoms with van der Waals surface area (Å²) >= 11 is 0. The van der Waals surface area contributed by atoms with Crippen molar-refractivity contribution >= 4 is 17.9 Å². The van der Waals surface area contributed by atoms with E-state index in [0.29, 0.717) is 5.75 Å². The number of rotatable bonds is 8. The van der Waals surface area contributed by atoms with Gasteiger partial charge in [0.1, 0.15) is 5.75 Å². The average molecular weight is 400 g/mol. The fourth-order valence-corrected chi connectivity index (χ4v) is 4.50. The van der Waals surface area contributed by atoms with Crippen LogP contribution in [0.15, 0.2) is 30.3 Å². The quantitative estimate of drug-likeness (QED) is 0.659. The summed E-state index contributed by atoms with van der Waals surface area (Å²) in [6, 6.07) is 7.20. The third-order valence-electron chi connectivity index (χ3n) is 6.09. The lowest BCUT2D eigenvalue weighted by Crippen LogP contribution is -2.58. The van der Waals surface area contributed by atoms with E-state index in [1.807, 2.05) is 12.1 Å². The second kappa shape index (κ2) is 10.4. The number of amides is 2. The van der Waals surface area contributed by atoms with E-state index in [4.69, 9.17) is 10.5 Å². The van der Waals surface area contributed by atoms with Gasteiger partial charge in [0.15, 0.2) is 6.61 Å². The van der Waals surface area contributed by atoms with Crippen molar-refractivity contribution in [3.05, 3.63) is 35.9 Å². The van der Waals surface area contributed by atoms with Crippen LogP contribution in [0.5, 0.6) is 5.75 Å². The number of nitrogens with two attached hydrogens (primary N) is 1. The zero-order valence-corrected chi connectivity index (χ0v) is 17.2. The molecule has 158 valence electrons. The average Bonchev–Trinajstić information content (AvgIpc) is 2.77. The number of nitrogens with one attached hydrogen (secondary N) is 1. The maximum Gasteiger partial charge on any atom is 0.255 e. The normalized spacial score (nSPS) is 19.7. The number of carbonyl (C=O) groups excluding carboxylic acids is 2. The maximum atomic E-state index is 12.4. The Bertz CT molecular complexity index is 703. The first-order valence-corrected chi connectivity index (χ1v) is 10.8. The lowest BCUT2D eigenvalue weighted by atomic mass is 9.79. The van der Waals surface area contributed by atoms with Crippen LogP contribution in [0, 0.1) is 0 Å². The SMILES string of the molecule is NC(=O)COc1ccc(/C=C/C(=O)NCC2(N3CCCCC3)CCCCC2)cc1. The van der Waals surface area contributed by atoms with E-state index in [1.165, 1.54) is 51.4 Å². The summed E-state index contributed by atoms with van der Waals surface area (Å²) in [6.45, 7) is 2.91. The van der Waals surface area contributed by atoms with Gasteiger partial charge in [0.2, 0.25) is 5.91 Å². The highest BCUT2D eigenvalue weighted by molar-refractivity contribution is 5.91. The molecule has 0 bridgehead atoms. The smallest absolute Gasteiger partial charge is 0.255 e. The standard InChI is InChI=1S/C23H33N3O3/c24-21(27)17-29-20-10-7-19(8-11-20)9-12-22(28)25-18-23(13-3-1-4-14-23)26-15-5-2-6-16-26/h7-12H,1-6,13-18H2,(H2,24,27)(H,25,28)/b12-9+. The van der Waals surface area contributed by atoms with Crippen molar-refractivity contribution in [3.63, 3.8) is 0 Å². The van der Waals surface area contributed by atoms with Crippen molar-refractivity contribution in [3.8, 4) is 5.75 Å². The molecule has 6 heteroatoms. The molecule has 0 aromatic heterocycles. The minimum absolute atomic E-state index is 0.0546. The van der Waals surface area contributed by atoms with E-state index in [0.717, 1.165) is 25.2 Å². The maximum absolute atomic E-state index is 12.4. The molecular formula is C23H33N3O3. The Morgan fingerprint density at radius 3 is 2.34 bits per heavy atom. The molecule has 3 rings (SSSR count). The monoisotopic (exact) mass is 399 g/mol. The Balaban J connectivity index is 1.52. The molecule has 1 aromatic carbocycles. The predicted molar refractivity (Wildman–Crippen MR) is 114 cm³/mol. The fraction of sp³-hybridized carbons (Fsp3) is 0.565. The highest BCUT2D eigenvalue weighted by Gasteiger charge is 2.38. The van der Waals surface area contributed by atoms with Crippen molar-refractivity contribution in [2.75, 3.05) is 26.2 Å². The molecule has 2 fully saturated rings. The zero-order valence-electron chi connectivity index (χ0n) is 17.2. The van der Waals surface area contributed by atoms with E-state index >= 15 is 0 Å². The van der Waals surface area contributed by atoms with Gasteiger partial charge >= 0.3 is 0 Å². The number of hydrogen-bond donors (Lipinski definition) is 2. The molecule has 0 unspecified atom stereocenters. The van der Waals surface area contributed by atoms with Gasteiger partial charge in [-0.3, -0.25) is 14.5 Å². The van der Waals surface area contributed by atoms with Gasteiger partial charge in [0, 0.05) is 18.2 Å². The van der Waals surface area contributed by atoms with Crippen LogP contribution in [0.3, 0.4) is 0 Å². The predicted octanol–water partition coefficient (Wildman–Crippen LogP) is 2.87. The Labute approximate surface area is 173 Å². The van der Waals surface area contributed by atoms with Crippen LogP contribution in [-0.2, 0) is 9.59 Å². The molecule has 1 aliphatic carbocycles. The molecule has 6 nitrogen and oxygen atoms in total. The first-order valence-electron chi connectivity index (χ1n) is 10.8. The van der Waals surface area contributed by atoms with E-state index < -0.39 is 5.91 Å². The number of primary amides is 1. The Hall–Kier alpha value is -2.34. The first-order chi connectivity index (χ1) is 14.1. The summed E-state index contributed by atoms with van der Waals surface area (Å²) in [5.41, 5.74) is 6.11. The summed E-state index contributed by atoms with van der Waals surface area (Å²) in [4.78, 5) is 25.8. The molecule has 1 saturated carbocycles. The molecule has 3 N–H and O–H groups in total. The van der Waals surface area contributed by atoms with Crippen LogP contribution in [-0.4, -0.2) is 48.5 Å². The van der Waals surface area contributed by atoms with Crippen molar-refractivity contribution in [1.29, 1.82) is 0 Å². The van der Waals surface area contributed by atoms with Gasteiger partial charge in [-0.1, -0.05) is 37.8 Å². The number of piperidine rings is 1. The number of ether oxygens (including phenoxy) is 1. The van der Waals surface area contributed by atoms with Crippen LogP contribution in [0.1, 0.15) is 56.9 Å². The summed E-state index contributed by atoms with van der Waals surface area (Å²) in [6.07, 6.45) is 13.4. The molecule has 2 aliphatic rings. The molecule has 0 spiro atoms. The lowest BCUT2D eigenvalue weighted by molar-refractivity contribution is -0.120. The number of carbonyl (C=O) groups is 2. The molecule has 1 aromatic rings. The molecule has 1 saturated heterocycles. The van der Waals surface area contributed by atoms with Crippen molar-refractivity contribution < 1.29 is 14.3 Å². The van der Waals surface area contributed by atoms with Gasteiger partial charge in [-0.25, -0.2) is 0 Å². The Morgan fingerprint density at radius 2 is 1.69 bits per heavy atom. The summed E-state index contributed by atoms with van der Waals surface area (Å²) in [5.74, 6) is 0.0121. The number of nitrogens with zero attached hydrogens (tertiary/aromatic N) is 1. The van der Waals surface area contributed by atoms with E-state index in [-0.39, 0.29) is 18.1 Å². The largest absolute Gasteiger partial charge is 0.484 e. The zero-order chi connectivity index (χ0) is 20.5. The third-order valence-corrected chi connectivity index (χ3v) is 6.09. The Morgan fingerprint density at radius 1 is 1.03 bits per heavy atom. The van der Waals surface area contributed by atoms with E-state index in [2.05, 4.69) is 10.2 Å². The van der Waals surface area contributed by atoms with Gasteiger partial charge < -0.3 is 15.8 Å². The summed E-state index contributed by atoms with van der Waals surface area (Å²) < 4.78 is 5.24. The minimum Gasteiger partial charge on any atom is -0.484 e. The third kappa shape index (κ3) is 6.32. The van der Waals surface area contributed by atoms with Crippen molar-refractivity contribution in [2.45, 2.75) is 56.9 Å². The molecular weight excluding hydrogens is 366 g/mol. The number of benzene rings is 1. The van der Waals surface area contributed by atoms with Gasteiger partial charge in [-0.15, -0.1) is 0 Å². The van der Waals surface area contributed by atoms with Crippen LogP contribution in [0.25, 0.3) is 6.08 Å². The topological polar surface area (TPSA) is 84.7 Å². The fourth-order valence-electron chi connectivity index (χ4n) is 4.50. The minimum atomic E-state index is -0.508. The van der Waals surface area contributed by atoms with Crippen LogP contribution >= 0.6 is 0 Å². The van der Waals surface area contributed by atoms with Crippen molar-refractivity contribution in [2.24, 2.45) is 5.73 Å². The Kier molecular flexibility index (Phi) is 7.69. The molecule has 29 heavy (non-hydrogen) atoms.